The minimum atomic E-state index is -0.138. The summed E-state index contributed by atoms with van der Waals surface area (Å²) >= 11 is 0. The van der Waals surface area contributed by atoms with Crippen LogP contribution in [0.4, 0.5) is 4.39 Å². The molecule has 1 nitrogen and oxygen atoms in total. The quantitative estimate of drug-likeness (QED) is 0.721. The molecule has 21 heavy (non-hydrogen) atoms. The zero-order valence-corrected chi connectivity index (χ0v) is 13.3. The summed E-state index contributed by atoms with van der Waals surface area (Å²) in [4.78, 5) is 0. The third kappa shape index (κ3) is 3.25. The van der Waals surface area contributed by atoms with Crippen molar-refractivity contribution in [2.24, 2.45) is 11.8 Å². The smallest absolute Gasteiger partial charge is 0.129 e. The molecule has 1 aromatic carbocycles. The van der Waals surface area contributed by atoms with Gasteiger partial charge in [0.1, 0.15) is 17.7 Å². The van der Waals surface area contributed by atoms with Gasteiger partial charge in [-0.25, -0.2) is 4.39 Å². The molecule has 1 fully saturated rings. The normalized spacial score (nSPS) is 28.8. The molecule has 3 rings (SSSR count). The monoisotopic (exact) mass is 290 g/mol. The Morgan fingerprint density at radius 3 is 2.62 bits per heavy atom. The molecule has 0 bridgehead atoms. The van der Waals surface area contributed by atoms with Gasteiger partial charge in [-0.05, 0) is 61.6 Å². The molecule has 1 aliphatic heterocycles. The molecule has 2 heteroatoms. The molecule has 0 N–H and O–H groups in total. The van der Waals surface area contributed by atoms with Gasteiger partial charge in [0.15, 0.2) is 0 Å². The largest absolute Gasteiger partial charge is 0.490 e. The van der Waals surface area contributed by atoms with Crippen LogP contribution in [0.25, 0.3) is 0 Å². The first kappa shape index (κ1) is 14.9. The minimum Gasteiger partial charge on any atom is -0.490 e. The fraction of sp³-hybridized carbons (Fsp3) is 0.684. The highest BCUT2D eigenvalue weighted by Crippen LogP contribution is 2.39. The van der Waals surface area contributed by atoms with E-state index in [0.29, 0.717) is 12.0 Å². The molecule has 0 aromatic heterocycles. The Kier molecular flexibility index (Phi) is 4.51. The highest BCUT2D eigenvalue weighted by Gasteiger charge is 2.31. The lowest BCUT2D eigenvalue weighted by Crippen LogP contribution is -2.33. The predicted molar refractivity (Wildman–Crippen MR) is 84.2 cm³/mol. The summed E-state index contributed by atoms with van der Waals surface area (Å²) in [6.45, 7) is 4.11. The van der Waals surface area contributed by atoms with E-state index < -0.39 is 0 Å². The Morgan fingerprint density at radius 1 is 1.14 bits per heavy atom. The van der Waals surface area contributed by atoms with Gasteiger partial charge in [0, 0.05) is 6.07 Å². The summed E-state index contributed by atoms with van der Waals surface area (Å²) < 4.78 is 19.9. The highest BCUT2D eigenvalue weighted by molar-refractivity contribution is 5.39. The van der Waals surface area contributed by atoms with Crippen LogP contribution in [0.5, 0.6) is 5.75 Å². The number of rotatable bonds is 3. The number of hydrogen-bond donors (Lipinski definition) is 0. The number of benzene rings is 1. The van der Waals surface area contributed by atoms with Gasteiger partial charge in [-0.2, -0.15) is 0 Å². The number of aryl methyl sites for hydroxylation is 2. The lowest BCUT2D eigenvalue weighted by molar-refractivity contribution is 0.0754. The summed E-state index contributed by atoms with van der Waals surface area (Å²) in [5, 5.41) is 0. The molecule has 0 saturated heterocycles. The van der Waals surface area contributed by atoms with Crippen LogP contribution in [0.2, 0.25) is 0 Å². The highest BCUT2D eigenvalue weighted by atomic mass is 19.1. The van der Waals surface area contributed by atoms with Crippen molar-refractivity contribution in [1.29, 1.82) is 0 Å². The summed E-state index contributed by atoms with van der Waals surface area (Å²) in [5.74, 6) is 2.27. The lowest BCUT2D eigenvalue weighted by atomic mass is 9.76. The van der Waals surface area contributed by atoms with Gasteiger partial charge in [-0.1, -0.05) is 32.6 Å². The Morgan fingerprint density at radius 2 is 1.90 bits per heavy atom. The molecule has 1 aliphatic carbocycles. The van der Waals surface area contributed by atoms with Crippen LogP contribution in [0, 0.1) is 24.6 Å². The Balaban J connectivity index is 1.63. The molecule has 1 atom stereocenters. The molecular weight excluding hydrogens is 263 g/mol. The average molecular weight is 290 g/mol. The molecule has 1 unspecified atom stereocenters. The van der Waals surface area contributed by atoms with Crippen molar-refractivity contribution in [1.82, 2.24) is 0 Å². The van der Waals surface area contributed by atoms with Crippen LogP contribution in [0.15, 0.2) is 12.1 Å². The molecule has 2 aliphatic rings. The first-order chi connectivity index (χ1) is 10.2. The number of hydrogen-bond acceptors (Lipinski definition) is 1. The summed E-state index contributed by atoms with van der Waals surface area (Å²) in [5.41, 5.74) is 1.92. The van der Waals surface area contributed by atoms with Crippen molar-refractivity contribution >= 4 is 0 Å². The number of fused-ring (bicyclic) bond motifs is 1. The van der Waals surface area contributed by atoms with Crippen LogP contribution in [0.3, 0.4) is 0 Å². The molecule has 1 heterocycles. The molecular formula is C19H27FO. The molecule has 1 aromatic rings. The maximum absolute atomic E-state index is 13.7. The number of halogens is 1. The van der Waals surface area contributed by atoms with Crippen LogP contribution in [0.1, 0.15) is 63.0 Å². The van der Waals surface area contributed by atoms with E-state index in [2.05, 4.69) is 6.92 Å². The van der Waals surface area contributed by atoms with E-state index >= 15 is 0 Å². The second-order valence-electron chi connectivity index (χ2n) is 6.97. The fourth-order valence-electron chi connectivity index (χ4n) is 4.14. The van der Waals surface area contributed by atoms with E-state index in [9.17, 15) is 4.39 Å². The van der Waals surface area contributed by atoms with E-state index in [0.717, 1.165) is 30.1 Å². The Hall–Kier alpha value is -1.05. The van der Waals surface area contributed by atoms with E-state index in [1.807, 2.05) is 13.0 Å². The van der Waals surface area contributed by atoms with Crippen molar-refractivity contribution in [2.45, 2.75) is 71.3 Å². The van der Waals surface area contributed by atoms with Gasteiger partial charge < -0.3 is 4.74 Å². The van der Waals surface area contributed by atoms with Gasteiger partial charge in [-0.3, -0.25) is 0 Å². The molecule has 1 saturated carbocycles. The zero-order chi connectivity index (χ0) is 14.8. The van der Waals surface area contributed by atoms with Crippen LogP contribution < -0.4 is 4.74 Å². The van der Waals surface area contributed by atoms with Gasteiger partial charge in [0.05, 0.1) is 0 Å². The van der Waals surface area contributed by atoms with E-state index in [-0.39, 0.29) is 5.82 Å². The summed E-state index contributed by atoms with van der Waals surface area (Å²) in [7, 11) is 0. The van der Waals surface area contributed by atoms with Crippen molar-refractivity contribution < 1.29 is 9.13 Å². The Labute approximate surface area is 127 Å². The van der Waals surface area contributed by atoms with Gasteiger partial charge in [0.25, 0.3) is 0 Å². The first-order valence-electron chi connectivity index (χ1n) is 8.63. The molecule has 0 spiro atoms. The second kappa shape index (κ2) is 6.37. The van der Waals surface area contributed by atoms with Gasteiger partial charge in [0.2, 0.25) is 0 Å². The minimum absolute atomic E-state index is 0.138. The predicted octanol–water partition coefficient (Wildman–Crippen LogP) is 5.43. The van der Waals surface area contributed by atoms with Gasteiger partial charge >= 0.3 is 0 Å². The van der Waals surface area contributed by atoms with Crippen molar-refractivity contribution in [3.8, 4) is 5.75 Å². The standard InChI is InChI=1S/C19H27FO/c1-3-4-14-5-7-15(8-6-14)18-10-9-16-11-13(2)17(20)12-19(16)21-18/h11-12,14-15,18H,3-10H2,1-2H3. The second-order valence-corrected chi connectivity index (χ2v) is 6.97. The maximum Gasteiger partial charge on any atom is 0.129 e. The third-order valence-corrected chi connectivity index (χ3v) is 5.43. The van der Waals surface area contributed by atoms with Crippen molar-refractivity contribution in [2.75, 3.05) is 0 Å². The van der Waals surface area contributed by atoms with E-state index in [1.165, 1.54) is 44.1 Å². The van der Waals surface area contributed by atoms with Crippen LogP contribution in [-0.4, -0.2) is 6.10 Å². The van der Waals surface area contributed by atoms with Crippen molar-refractivity contribution in [3.63, 3.8) is 0 Å². The van der Waals surface area contributed by atoms with Crippen molar-refractivity contribution in [3.05, 3.63) is 29.1 Å². The fourth-order valence-corrected chi connectivity index (χ4v) is 4.14. The molecule has 116 valence electrons. The zero-order valence-electron chi connectivity index (χ0n) is 13.3. The summed E-state index contributed by atoms with van der Waals surface area (Å²) in [6.07, 6.45) is 10.4. The van der Waals surface area contributed by atoms with E-state index in [4.69, 9.17) is 4.74 Å². The third-order valence-electron chi connectivity index (χ3n) is 5.43. The number of ether oxygens (including phenoxy) is 1. The molecule has 0 amide bonds. The average Bonchev–Trinajstić information content (AvgIpc) is 2.49. The first-order valence-corrected chi connectivity index (χ1v) is 8.63. The SMILES string of the molecule is CCCC1CCC(C2CCc3cc(C)c(F)cc3O2)CC1. The molecule has 0 radical (unpaired) electrons. The van der Waals surface area contributed by atoms with E-state index in [1.54, 1.807) is 6.07 Å². The lowest BCUT2D eigenvalue weighted by Gasteiger charge is -2.36. The Bertz CT molecular complexity index is 489. The van der Waals surface area contributed by atoms with Gasteiger partial charge in [-0.15, -0.1) is 0 Å². The van der Waals surface area contributed by atoms with Crippen LogP contribution in [-0.2, 0) is 6.42 Å². The van der Waals surface area contributed by atoms with Crippen LogP contribution >= 0.6 is 0 Å². The summed E-state index contributed by atoms with van der Waals surface area (Å²) in [6, 6.07) is 3.55. The topological polar surface area (TPSA) is 9.23 Å². The maximum atomic E-state index is 13.7.